The summed E-state index contributed by atoms with van der Waals surface area (Å²) in [4.78, 5) is 29.5. The molecule has 1 N–H and O–H groups in total. The van der Waals surface area contributed by atoms with Crippen LogP contribution >= 0.6 is 0 Å². The van der Waals surface area contributed by atoms with E-state index in [-0.39, 0.29) is 18.5 Å². The maximum Gasteiger partial charge on any atom is 0.244 e. The maximum atomic E-state index is 14.2. The fourth-order valence-electron chi connectivity index (χ4n) is 4.74. The largest absolute Gasteiger partial charge is 0.352 e. The smallest absolute Gasteiger partial charge is 0.244 e. The van der Waals surface area contributed by atoms with Gasteiger partial charge in [0.1, 0.15) is 12.6 Å². The van der Waals surface area contributed by atoms with Crippen molar-refractivity contribution < 1.29 is 18.0 Å². The van der Waals surface area contributed by atoms with Crippen LogP contribution in [-0.4, -0.2) is 50.0 Å². The first-order valence-electron chi connectivity index (χ1n) is 13.6. The molecule has 3 aromatic carbocycles. The number of carbonyl (C=O) groups excluding carboxylic acids is 2. The first-order valence-corrected chi connectivity index (χ1v) is 15.5. The van der Waals surface area contributed by atoms with Gasteiger partial charge in [-0.25, -0.2) is 8.42 Å². The molecule has 0 aromatic heterocycles. The lowest BCUT2D eigenvalue weighted by molar-refractivity contribution is -0.140. The van der Waals surface area contributed by atoms with E-state index in [9.17, 15) is 18.0 Å². The fraction of sp³-hybridized carbons (Fsp3) is 0.375. The van der Waals surface area contributed by atoms with E-state index >= 15 is 0 Å². The number of para-hydroxylation sites is 1. The predicted molar refractivity (Wildman–Crippen MR) is 162 cm³/mol. The van der Waals surface area contributed by atoms with Crippen molar-refractivity contribution in [1.29, 1.82) is 0 Å². The van der Waals surface area contributed by atoms with Crippen LogP contribution in [-0.2, 0) is 32.6 Å². The highest BCUT2D eigenvalue weighted by molar-refractivity contribution is 7.92. The van der Waals surface area contributed by atoms with E-state index in [1.807, 2.05) is 107 Å². The minimum Gasteiger partial charge on any atom is -0.352 e. The highest BCUT2D eigenvalue weighted by Crippen LogP contribution is 2.27. The summed E-state index contributed by atoms with van der Waals surface area (Å²) in [5.41, 5.74) is 4.76. The number of sulfonamides is 1. The normalized spacial score (nSPS) is 12.8. The molecule has 0 aliphatic carbocycles. The van der Waals surface area contributed by atoms with Gasteiger partial charge < -0.3 is 10.2 Å². The van der Waals surface area contributed by atoms with Crippen molar-refractivity contribution in [2.24, 2.45) is 0 Å². The average Bonchev–Trinajstić information content (AvgIpc) is 2.90. The van der Waals surface area contributed by atoms with E-state index in [0.29, 0.717) is 12.1 Å². The van der Waals surface area contributed by atoms with Crippen LogP contribution < -0.4 is 9.62 Å². The van der Waals surface area contributed by atoms with Crippen molar-refractivity contribution >= 4 is 27.5 Å². The van der Waals surface area contributed by atoms with E-state index in [2.05, 4.69) is 5.32 Å². The van der Waals surface area contributed by atoms with Crippen LogP contribution in [0.5, 0.6) is 0 Å². The van der Waals surface area contributed by atoms with Crippen LogP contribution in [0.25, 0.3) is 0 Å². The maximum absolute atomic E-state index is 14.2. The lowest BCUT2D eigenvalue weighted by Gasteiger charge is -2.35. The van der Waals surface area contributed by atoms with Crippen LogP contribution in [0.2, 0.25) is 0 Å². The van der Waals surface area contributed by atoms with Crippen molar-refractivity contribution in [3.8, 4) is 0 Å². The molecule has 2 amide bonds. The van der Waals surface area contributed by atoms with E-state index in [1.54, 1.807) is 4.90 Å². The molecule has 0 aliphatic heterocycles. The van der Waals surface area contributed by atoms with Crippen molar-refractivity contribution in [2.45, 2.75) is 66.1 Å². The van der Waals surface area contributed by atoms with Gasteiger partial charge in [-0.15, -0.1) is 0 Å². The number of hydrogen-bond acceptors (Lipinski definition) is 4. The van der Waals surface area contributed by atoms with Gasteiger partial charge >= 0.3 is 0 Å². The molecule has 8 heteroatoms. The Morgan fingerprint density at radius 3 is 2.00 bits per heavy atom. The van der Waals surface area contributed by atoms with Gasteiger partial charge in [-0.2, -0.15) is 0 Å². The zero-order valence-electron chi connectivity index (χ0n) is 24.3. The number of nitrogens with one attached hydrogen (secondary N) is 1. The highest BCUT2D eigenvalue weighted by atomic mass is 32.2. The molecule has 0 fully saturated rings. The van der Waals surface area contributed by atoms with Crippen LogP contribution in [0, 0.1) is 20.8 Å². The Kier molecular flexibility index (Phi) is 10.5. The Morgan fingerprint density at radius 1 is 0.850 bits per heavy atom. The first-order chi connectivity index (χ1) is 18.9. The Balaban J connectivity index is 2.11. The molecule has 7 nitrogen and oxygen atoms in total. The number of nitrogens with zero attached hydrogens (tertiary/aromatic N) is 2. The van der Waals surface area contributed by atoms with Gasteiger partial charge in [0.2, 0.25) is 21.8 Å². The van der Waals surface area contributed by atoms with Gasteiger partial charge in [0.05, 0.1) is 11.9 Å². The molecule has 2 atom stereocenters. The number of hydrogen-bond donors (Lipinski definition) is 1. The molecule has 0 unspecified atom stereocenters. The lowest BCUT2D eigenvalue weighted by atomic mass is 10.0. The Hall–Kier alpha value is -3.65. The monoisotopic (exact) mass is 563 g/mol. The molecular weight excluding hydrogens is 522 g/mol. The summed E-state index contributed by atoms with van der Waals surface area (Å²) in [5.74, 6) is -0.713. The summed E-state index contributed by atoms with van der Waals surface area (Å²) in [6, 6.07) is 21.9. The van der Waals surface area contributed by atoms with E-state index in [1.165, 1.54) is 0 Å². The molecule has 214 valence electrons. The molecule has 0 heterocycles. The summed E-state index contributed by atoms with van der Waals surface area (Å²) in [5, 5.41) is 3.05. The minimum atomic E-state index is -3.82. The van der Waals surface area contributed by atoms with Crippen LogP contribution in [0.3, 0.4) is 0 Å². The number of anilines is 1. The molecule has 0 saturated carbocycles. The van der Waals surface area contributed by atoms with Gasteiger partial charge in [-0.3, -0.25) is 13.9 Å². The molecule has 0 bridgehead atoms. The second kappa shape index (κ2) is 13.6. The number of aryl methyl sites for hydroxylation is 3. The Morgan fingerprint density at radius 2 is 1.43 bits per heavy atom. The second-order valence-corrected chi connectivity index (χ2v) is 12.4. The highest BCUT2D eigenvalue weighted by Gasteiger charge is 2.34. The summed E-state index contributed by atoms with van der Waals surface area (Å²) >= 11 is 0. The summed E-state index contributed by atoms with van der Waals surface area (Å²) < 4.78 is 27.3. The Bertz CT molecular complexity index is 1400. The van der Waals surface area contributed by atoms with Crippen molar-refractivity contribution in [2.75, 3.05) is 17.1 Å². The number of benzene rings is 3. The zero-order valence-corrected chi connectivity index (χ0v) is 25.2. The van der Waals surface area contributed by atoms with Crippen molar-refractivity contribution in [3.63, 3.8) is 0 Å². The molecular formula is C32H41N3O4S. The number of amides is 2. The second-order valence-electron chi connectivity index (χ2n) is 10.5. The molecule has 0 saturated heterocycles. The van der Waals surface area contributed by atoms with E-state index in [4.69, 9.17) is 0 Å². The SMILES string of the molecule is CC[C@H](C)NC(=O)[C@H](Cc1ccccc1)N(Cc1ccccc1C)C(=O)CN(c1c(C)cccc1C)S(C)(=O)=O. The molecule has 0 spiro atoms. The quantitative estimate of drug-likeness (QED) is 0.339. The summed E-state index contributed by atoms with van der Waals surface area (Å²) in [7, 11) is -3.82. The molecule has 40 heavy (non-hydrogen) atoms. The third-order valence-electron chi connectivity index (χ3n) is 7.24. The third kappa shape index (κ3) is 7.94. The van der Waals surface area contributed by atoms with Crippen LogP contribution in [0.4, 0.5) is 5.69 Å². The summed E-state index contributed by atoms with van der Waals surface area (Å²) in [6.45, 7) is 9.28. The first kappa shape index (κ1) is 30.9. The van der Waals surface area contributed by atoms with Gasteiger partial charge in [0, 0.05) is 19.0 Å². The molecule has 3 aromatic rings. The molecule has 0 radical (unpaired) electrons. The van der Waals surface area contributed by atoms with E-state index in [0.717, 1.165) is 44.8 Å². The fourth-order valence-corrected chi connectivity index (χ4v) is 5.71. The van der Waals surface area contributed by atoms with Crippen molar-refractivity contribution in [1.82, 2.24) is 10.2 Å². The Labute approximate surface area is 239 Å². The third-order valence-corrected chi connectivity index (χ3v) is 8.35. The lowest BCUT2D eigenvalue weighted by Crippen LogP contribution is -2.54. The number of carbonyl (C=O) groups is 2. The van der Waals surface area contributed by atoms with Gasteiger partial charge in [-0.1, -0.05) is 79.7 Å². The van der Waals surface area contributed by atoms with Crippen LogP contribution in [0.15, 0.2) is 72.8 Å². The van der Waals surface area contributed by atoms with Crippen molar-refractivity contribution in [3.05, 3.63) is 101 Å². The standard InChI is InChI=1S/C32H41N3O4S/c1-7-26(5)33-32(37)29(20-27-17-9-8-10-18-27)34(21-28-19-12-11-14-23(28)2)30(36)22-35(40(6,38)39)31-24(3)15-13-16-25(31)4/h8-19,26,29H,7,20-22H2,1-6H3,(H,33,37)/t26-,29-/m0/s1. The van der Waals surface area contributed by atoms with E-state index < -0.39 is 28.5 Å². The average molecular weight is 564 g/mol. The zero-order chi connectivity index (χ0) is 29.4. The molecule has 0 aliphatic rings. The molecule has 3 rings (SSSR count). The topological polar surface area (TPSA) is 86.8 Å². The summed E-state index contributed by atoms with van der Waals surface area (Å²) in [6.07, 6.45) is 2.14. The van der Waals surface area contributed by atoms with Gasteiger partial charge in [0.25, 0.3) is 0 Å². The van der Waals surface area contributed by atoms with Gasteiger partial charge in [0.15, 0.2) is 0 Å². The van der Waals surface area contributed by atoms with Gasteiger partial charge in [-0.05, 0) is 61.9 Å². The van der Waals surface area contributed by atoms with Crippen LogP contribution in [0.1, 0.15) is 48.1 Å². The minimum absolute atomic E-state index is 0.0803. The number of rotatable bonds is 12. The predicted octanol–water partition coefficient (Wildman–Crippen LogP) is 4.93.